The lowest BCUT2D eigenvalue weighted by Gasteiger charge is -2.25. The maximum Gasteiger partial charge on any atom is 0.227 e. The highest BCUT2D eigenvalue weighted by molar-refractivity contribution is 5.98. The lowest BCUT2D eigenvalue weighted by atomic mass is 9.82. The van der Waals surface area contributed by atoms with Crippen LogP contribution in [0.5, 0.6) is 11.5 Å². The van der Waals surface area contributed by atoms with Crippen LogP contribution in [0, 0.1) is 0 Å². The zero-order valence-electron chi connectivity index (χ0n) is 17.4. The van der Waals surface area contributed by atoms with Gasteiger partial charge in [-0.3, -0.25) is 4.79 Å². The summed E-state index contributed by atoms with van der Waals surface area (Å²) in [6, 6.07) is 13.9. The standard InChI is InChI=1S/C24H25N3O3/c1-4-15-5-7-17(8-6-15)26-24-25-14-20-21(27-24)11-16(12-22(20)28)19-10-9-18(29-2)13-23(19)30-3/h5-10,13-14,16H,4,11-12H2,1-3H3,(H,25,26,27)/t16-/m1/s1. The number of aromatic nitrogens is 2. The number of ketones is 1. The van der Waals surface area contributed by atoms with Crippen LogP contribution in [0.25, 0.3) is 0 Å². The molecule has 30 heavy (non-hydrogen) atoms. The Morgan fingerprint density at radius 2 is 1.87 bits per heavy atom. The summed E-state index contributed by atoms with van der Waals surface area (Å²) in [7, 11) is 3.25. The number of aryl methyl sites for hydroxylation is 1. The van der Waals surface area contributed by atoms with Crippen molar-refractivity contribution in [3.8, 4) is 11.5 Å². The van der Waals surface area contributed by atoms with Gasteiger partial charge in [-0.15, -0.1) is 0 Å². The minimum Gasteiger partial charge on any atom is -0.497 e. The van der Waals surface area contributed by atoms with Crippen LogP contribution in [0.15, 0.2) is 48.7 Å². The average Bonchev–Trinajstić information content (AvgIpc) is 2.78. The molecule has 0 unspecified atom stereocenters. The molecule has 0 saturated heterocycles. The summed E-state index contributed by atoms with van der Waals surface area (Å²) in [4.78, 5) is 21.8. The molecule has 0 bridgehead atoms. The van der Waals surface area contributed by atoms with Crippen molar-refractivity contribution in [3.63, 3.8) is 0 Å². The molecule has 1 atom stereocenters. The quantitative estimate of drug-likeness (QED) is 0.642. The van der Waals surface area contributed by atoms with E-state index in [1.165, 1.54) is 5.56 Å². The van der Waals surface area contributed by atoms with Gasteiger partial charge in [-0.2, -0.15) is 0 Å². The van der Waals surface area contributed by atoms with Crippen molar-refractivity contribution in [2.75, 3.05) is 19.5 Å². The number of ether oxygens (including phenoxy) is 2. The second-order valence-electron chi connectivity index (χ2n) is 7.37. The lowest BCUT2D eigenvalue weighted by Crippen LogP contribution is -2.21. The second kappa shape index (κ2) is 8.53. The van der Waals surface area contributed by atoms with E-state index in [-0.39, 0.29) is 11.7 Å². The zero-order valence-corrected chi connectivity index (χ0v) is 17.4. The molecule has 6 heteroatoms. The van der Waals surface area contributed by atoms with Gasteiger partial charge in [-0.05, 0) is 42.2 Å². The summed E-state index contributed by atoms with van der Waals surface area (Å²) in [5, 5.41) is 3.24. The predicted molar refractivity (Wildman–Crippen MR) is 116 cm³/mol. The molecule has 1 N–H and O–H groups in total. The third-order valence-electron chi connectivity index (χ3n) is 5.54. The molecule has 0 amide bonds. The van der Waals surface area contributed by atoms with Gasteiger partial charge < -0.3 is 14.8 Å². The van der Waals surface area contributed by atoms with E-state index in [2.05, 4.69) is 34.3 Å². The highest BCUT2D eigenvalue weighted by Crippen LogP contribution is 2.38. The van der Waals surface area contributed by atoms with Crippen molar-refractivity contribution < 1.29 is 14.3 Å². The maximum atomic E-state index is 12.8. The number of anilines is 2. The molecule has 154 valence electrons. The molecular weight excluding hydrogens is 378 g/mol. The first-order valence-electron chi connectivity index (χ1n) is 10.1. The lowest BCUT2D eigenvalue weighted by molar-refractivity contribution is 0.0962. The van der Waals surface area contributed by atoms with Gasteiger partial charge in [-0.1, -0.05) is 25.1 Å². The second-order valence-corrected chi connectivity index (χ2v) is 7.37. The molecule has 4 rings (SSSR count). The smallest absolute Gasteiger partial charge is 0.227 e. The highest BCUT2D eigenvalue weighted by Gasteiger charge is 2.30. The fraction of sp³-hybridized carbons (Fsp3) is 0.292. The molecule has 1 heterocycles. The van der Waals surface area contributed by atoms with Crippen LogP contribution in [0.1, 0.15) is 46.4 Å². The Kier molecular flexibility index (Phi) is 5.65. The number of carbonyl (C=O) groups excluding carboxylic acids is 1. The van der Waals surface area contributed by atoms with Crippen molar-refractivity contribution in [2.45, 2.75) is 32.1 Å². The Labute approximate surface area is 176 Å². The fourth-order valence-corrected chi connectivity index (χ4v) is 3.83. The van der Waals surface area contributed by atoms with Gasteiger partial charge in [0.05, 0.1) is 25.5 Å². The van der Waals surface area contributed by atoms with Gasteiger partial charge in [0, 0.05) is 30.3 Å². The Morgan fingerprint density at radius 1 is 1.07 bits per heavy atom. The summed E-state index contributed by atoms with van der Waals surface area (Å²) in [5.74, 6) is 1.99. The van der Waals surface area contributed by atoms with Crippen molar-refractivity contribution in [2.24, 2.45) is 0 Å². The third-order valence-corrected chi connectivity index (χ3v) is 5.54. The van der Waals surface area contributed by atoms with Gasteiger partial charge in [0.25, 0.3) is 0 Å². The molecular formula is C24H25N3O3. The Balaban J connectivity index is 1.60. The number of rotatable bonds is 6. The minimum atomic E-state index is -0.00237. The minimum absolute atomic E-state index is 0.00237. The van der Waals surface area contributed by atoms with Gasteiger partial charge in [0.2, 0.25) is 5.95 Å². The number of methoxy groups -OCH3 is 2. The van der Waals surface area contributed by atoms with E-state index in [4.69, 9.17) is 9.47 Å². The summed E-state index contributed by atoms with van der Waals surface area (Å²) >= 11 is 0. The van der Waals surface area contributed by atoms with Crippen LogP contribution < -0.4 is 14.8 Å². The van der Waals surface area contributed by atoms with Crippen LogP contribution in [0.3, 0.4) is 0 Å². The fourth-order valence-electron chi connectivity index (χ4n) is 3.83. The van der Waals surface area contributed by atoms with Crippen LogP contribution in [-0.2, 0) is 12.8 Å². The number of hydrogen-bond acceptors (Lipinski definition) is 6. The van der Waals surface area contributed by atoms with Crippen molar-refractivity contribution >= 4 is 17.4 Å². The van der Waals surface area contributed by atoms with Crippen LogP contribution >= 0.6 is 0 Å². The number of Topliss-reactive ketones (excluding diaryl/α,β-unsaturated/α-hetero) is 1. The zero-order chi connectivity index (χ0) is 21.1. The molecule has 2 aromatic carbocycles. The highest BCUT2D eigenvalue weighted by atomic mass is 16.5. The van der Waals surface area contributed by atoms with Crippen LogP contribution in [0.4, 0.5) is 11.6 Å². The molecule has 3 aromatic rings. The third kappa shape index (κ3) is 3.99. The Bertz CT molecular complexity index is 1060. The van der Waals surface area contributed by atoms with E-state index < -0.39 is 0 Å². The van der Waals surface area contributed by atoms with Crippen molar-refractivity contribution in [3.05, 3.63) is 71.0 Å². The van der Waals surface area contributed by atoms with E-state index in [0.29, 0.717) is 24.4 Å². The first-order valence-corrected chi connectivity index (χ1v) is 10.1. The number of nitrogens with one attached hydrogen (secondary N) is 1. The van der Waals surface area contributed by atoms with E-state index in [1.54, 1.807) is 20.4 Å². The van der Waals surface area contributed by atoms with Crippen LogP contribution in [0.2, 0.25) is 0 Å². The molecule has 0 spiro atoms. The molecule has 1 aliphatic rings. The SMILES string of the molecule is CCc1ccc(Nc2ncc3c(n2)C[C@@H](c2ccc(OC)cc2OC)CC3=O)cc1. The van der Waals surface area contributed by atoms with Gasteiger partial charge in [0.1, 0.15) is 11.5 Å². The summed E-state index contributed by atoms with van der Waals surface area (Å²) < 4.78 is 10.8. The molecule has 1 aromatic heterocycles. The largest absolute Gasteiger partial charge is 0.497 e. The first kappa shape index (κ1) is 19.9. The number of nitrogens with zero attached hydrogens (tertiary/aromatic N) is 2. The summed E-state index contributed by atoms with van der Waals surface area (Å²) in [6.07, 6.45) is 3.68. The number of hydrogen-bond donors (Lipinski definition) is 1. The molecule has 0 radical (unpaired) electrons. The number of benzene rings is 2. The normalized spacial score (nSPS) is 15.4. The Morgan fingerprint density at radius 3 is 2.57 bits per heavy atom. The van der Waals surface area contributed by atoms with E-state index in [1.807, 2.05) is 30.3 Å². The van der Waals surface area contributed by atoms with Gasteiger partial charge in [0.15, 0.2) is 5.78 Å². The number of carbonyl (C=O) groups is 1. The molecule has 0 aliphatic heterocycles. The maximum absolute atomic E-state index is 12.8. The predicted octanol–water partition coefficient (Wildman–Crippen LogP) is 4.71. The Hall–Kier alpha value is -3.41. The summed E-state index contributed by atoms with van der Waals surface area (Å²) in [6.45, 7) is 2.13. The van der Waals surface area contributed by atoms with E-state index in [0.717, 1.165) is 34.9 Å². The van der Waals surface area contributed by atoms with Crippen LogP contribution in [-0.4, -0.2) is 30.0 Å². The monoisotopic (exact) mass is 403 g/mol. The first-order chi connectivity index (χ1) is 14.6. The topological polar surface area (TPSA) is 73.3 Å². The van der Waals surface area contributed by atoms with Gasteiger partial charge in [-0.25, -0.2) is 9.97 Å². The van der Waals surface area contributed by atoms with E-state index in [9.17, 15) is 4.79 Å². The van der Waals surface area contributed by atoms with Crippen molar-refractivity contribution in [1.29, 1.82) is 0 Å². The molecule has 0 saturated carbocycles. The summed E-state index contributed by atoms with van der Waals surface area (Å²) in [5.41, 5.74) is 4.54. The van der Waals surface area contributed by atoms with Gasteiger partial charge >= 0.3 is 0 Å². The molecule has 1 aliphatic carbocycles. The number of fused-ring (bicyclic) bond motifs is 1. The van der Waals surface area contributed by atoms with E-state index >= 15 is 0 Å². The molecule has 0 fully saturated rings. The average molecular weight is 403 g/mol. The van der Waals surface area contributed by atoms with Crippen molar-refractivity contribution in [1.82, 2.24) is 9.97 Å². The molecule has 6 nitrogen and oxygen atoms in total.